The number of para-hydroxylation sites is 1. The first-order chi connectivity index (χ1) is 11.0. The van der Waals surface area contributed by atoms with Gasteiger partial charge in [-0.15, -0.1) is 0 Å². The zero-order chi connectivity index (χ0) is 16.7. The number of carbonyl (C=O) groups excluding carboxylic acids is 1. The lowest BCUT2D eigenvalue weighted by molar-refractivity contribution is -0.133. The number of ether oxygens (including phenoxy) is 1. The van der Waals surface area contributed by atoms with E-state index in [1.807, 2.05) is 0 Å². The predicted octanol–water partition coefficient (Wildman–Crippen LogP) is 2.93. The van der Waals surface area contributed by atoms with Crippen LogP contribution < -0.4 is 10.1 Å². The van der Waals surface area contributed by atoms with Gasteiger partial charge in [-0.05, 0) is 24.3 Å². The van der Waals surface area contributed by atoms with Gasteiger partial charge in [0, 0.05) is 0 Å². The lowest BCUT2D eigenvalue weighted by Gasteiger charge is -2.08. The number of nitrogens with zero attached hydrogens (tertiary/aromatic N) is 1. The number of aromatic nitrogens is 1. The second-order valence-electron chi connectivity index (χ2n) is 4.33. The molecule has 0 atom stereocenters. The van der Waals surface area contributed by atoms with E-state index in [1.165, 1.54) is 6.20 Å². The van der Waals surface area contributed by atoms with Gasteiger partial charge in [0.2, 0.25) is 0 Å². The van der Waals surface area contributed by atoms with E-state index in [4.69, 9.17) is 21.4 Å². The maximum atomic E-state index is 11.8. The molecular formula is C15H13ClN2O4S. The Hall–Kier alpha value is -2.25. The van der Waals surface area contributed by atoms with E-state index in [0.29, 0.717) is 21.5 Å². The van der Waals surface area contributed by atoms with Crippen LogP contribution in [0, 0.1) is 0 Å². The molecule has 6 nitrogen and oxygen atoms in total. The van der Waals surface area contributed by atoms with Crippen LogP contribution in [0.5, 0.6) is 5.75 Å². The molecule has 0 saturated heterocycles. The highest BCUT2D eigenvalue weighted by molar-refractivity contribution is 7.99. The van der Waals surface area contributed by atoms with Crippen molar-refractivity contribution in [2.24, 2.45) is 0 Å². The minimum Gasteiger partial charge on any atom is -0.482 e. The molecule has 1 aromatic carbocycles. The number of hydrogen-bond acceptors (Lipinski definition) is 5. The van der Waals surface area contributed by atoms with E-state index in [1.54, 1.807) is 36.4 Å². The maximum Gasteiger partial charge on any atom is 0.313 e. The summed E-state index contributed by atoms with van der Waals surface area (Å²) in [6.07, 6.45) is 1.46. The third-order valence-corrected chi connectivity index (χ3v) is 3.80. The van der Waals surface area contributed by atoms with Gasteiger partial charge in [-0.3, -0.25) is 9.59 Å². The Kier molecular flexibility index (Phi) is 6.25. The summed E-state index contributed by atoms with van der Waals surface area (Å²) in [5, 5.41) is 12.2. The van der Waals surface area contributed by atoms with Crippen molar-refractivity contribution in [3.05, 3.63) is 47.6 Å². The molecule has 0 spiro atoms. The molecule has 0 fully saturated rings. The number of carbonyl (C=O) groups is 2. The molecule has 0 saturated carbocycles. The molecule has 0 aliphatic heterocycles. The van der Waals surface area contributed by atoms with Crippen LogP contribution in [0.2, 0.25) is 5.02 Å². The molecule has 2 rings (SSSR count). The summed E-state index contributed by atoms with van der Waals surface area (Å²) in [5.41, 5.74) is 0.498. The number of rotatable bonds is 7. The van der Waals surface area contributed by atoms with Crippen LogP contribution in [0.3, 0.4) is 0 Å². The molecule has 0 radical (unpaired) electrons. The smallest absolute Gasteiger partial charge is 0.313 e. The van der Waals surface area contributed by atoms with Crippen molar-refractivity contribution in [3.63, 3.8) is 0 Å². The highest BCUT2D eigenvalue weighted by atomic mass is 35.5. The van der Waals surface area contributed by atoms with Gasteiger partial charge in [-0.25, -0.2) is 4.98 Å². The molecule has 2 aromatic rings. The van der Waals surface area contributed by atoms with Crippen molar-refractivity contribution in [1.29, 1.82) is 0 Å². The van der Waals surface area contributed by atoms with Gasteiger partial charge in [-0.2, -0.15) is 0 Å². The van der Waals surface area contributed by atoms with Crippen LogP contribution in [0.1, 0.15) is 0 Å². The van der Waals surface area contributed by atoms with Gasteiger partial charge < -0.3 is 15.2 Å². The van der Waals surface area contributed by atoms with Gasteiger partial charge in [0.15, 0.2) is 6.61 Å². The van der Waals surface area contributed by atoms with E-state index in [9.17, 15) is 9.59 Å². The van der Waals surface area contributed by atoms with E-state index >= 15 is 0 Å². The number of anilines is 1. The molecule has 1 aromatic heterocycles. The van der Waals surface area contributed by atoms with Gasteiger partial charge >= 0.3 is 5.97 Å². The fourth-order valence-corrected chi connectivity index (χ4v) is 2.33. The number of benzene rings is 1. The van der Waals surface area contributed by atoms with E-state index in [0.717, 1.165) is 11.8 Å². The number of thioether (sulfide) groups is 1. The third-order valence-electron chi connectivity index (χ3n) is 2.56. The van der Waals surface area contributed by atoms with Crippen molar-refractivity contribution in [1.82, 2.24) is 4.98 Å². The number of pyridine rings is 1. The molecule has 120 valence electrons. The lowest BCUT2D eigenvalue weighted by Crippen LogP contribution is -2.20. The minimum atomic E-state index is -0.911. The summed E-state index contributed by atoms with van der Waals surface area (Å²) in [6, 6.07) is 10.2. The summed E-state index contributed by atoms with van der Waals surface area (Å²) in [4.78, 5) is 26.3. The quantitative estimate of drug-likeness (QED) is 0.745. The lowest BCUT2D eigenvalue weighted by atomic mass is 10.3. The number of nitrogens with one attached hydrogen (secondary N) is 1. The Morgan fingerprint density at radius 2 is 2.04 bits per heavy atom. The first-order valence-electron chi connectivity index (χ1n) is 6.52. The van der Waals surface area contributed by atoms with Crippen LogP contribution in [0.25, 0.3) is 0 Å². The van der Waals surface area contributed by atoms with E-state index in [-0.39, 0.29) is 18.3 Å². The predicted molar refractivity (Wildman–Crippen MR) is 88.2 cm³/mol. The molecule has 8 heteroatoms. The zero-order valence-electron chi connectivity index (χ0n) is 11.9. The van der Waals surface area contributed by atoms with Crippen LogP contribution in [0.4, 0.5) is 5.69 Å². The van der Waals surface area contributed by atoms with Crippen molar-refractivity contribution in [2.75, 3.05) is 17.7 Å². The van der Waals surface area contributed by atoms with Crippen LogP contribution >= 0.6 is 23.4 Å². The SMILES string of the molecule is O=C(O)CSc1ccc(NC(=O)COc2ccccc2Cl)cn1. The number of carboxylic acids is 1. The van der Waals surface area contributed by atoms with Gasteiger partial charge in [0.05, 0.1) is 27.7 Å². The Labute approximate surface area is 141 Å². The first-order valence-corrected chi connectivity index (χ1v) is 7.89. The molecular weight excluding hydrogens is 340 g/mol. The summed E-state index contributed by atoms with van der Waals surface area (Å²) in [6.45, 7) is -0.181. The second-order valence-corrected chi connectivity index (χ2v) is 5.74. The fourth-order valence-electron chi connectivity index (χ4n) is 1.58. The molecule has 1 amide bonds. The van der Waals surface area contributed by atoms with Gasteiger partial charge in [-0.1, -0.05) is 35.5 Å². The number of carboxylic acid groups (broad SMARTS) is 1. The summed E-state index contributed by atoms with van der Waals surface area (Å²) >= 11 is 7.03. The van der Waals surface area contributed by atoms with Crippen molar-refractivity contribution in [2.45, 2.75) is 5.03 Å². The monoisotopic (exact) mass is 352 g/mol. The second kappa shape index (κ2) is 8.40. The molecule has 1 heterocycles. The zero-order valence-corrected chi connectivity index (χ0v) is 13.4. The Morgan fingerprint density at radius 1 is 1.26 bits per heavy atom. The van der Waals surface area contributed by atoms with Gasteiger partial charge in [0.25, 0.3) is 5.91 Å². The van der Waals surface area contributed by atoms with Crippen molar-refractivity contribution < 1.29 is 19.4 Å². The molecule has 2 N–H and O–H groups in total. The Bertz CT molecular complexity index is 694. The van der Waals surface area contributed by atoms with Crippen LogP contribution in [-0.2, 0) is 9.59 Å². The highest BCUT2D eigenvalue weighted by Gasteiger charge is 2.07. The minimum absolute atomic E-state index is 0.0651. The van der Waals surface area contributed by atoms with Crippen LogP contribution in [0.15, 0.2) is 47.6 Å². The molecule has 0 bridgehead atoms. The summed E-state index contributed by atoms with van der Waals surface area (Å²) < 4.78 is 5.33. The standard InChI is InChI=1S/C15H13ClN2O4S/c16-11-3-1-2-4-12(11)22-8-13(19)18-10-5-6-14(17-7-10)23-9-15(20)21/h1-7H,8-9H2,(H,18,19)(H,20,21). The normalized spacial score (nSPS) is 10.1. The Balaban J connectivity index is 1.83. The average Bonchev–Trinajstić information content (AvgIpc) is 2.53. The summed E-state index contributed by atoms with van der Waals surface area (Å²) in [5.74, 6) is -0.892. The number of hydrogen-bond donors (Lipinski definition) is 2. The largest absolute Gasteiger partial charge is 0.482 e. The third kappa shape index (κ3) is 5.80. The Morgan fingerprint density at radius 3 is 2.70 bits per heavy atom. The van der Waals surface area contributed by atoms with E-state index < -0.39 is 5.97 Å². The number of halogens is 1. The highest BCUT2D eigenvalue weighted by Crippen LogP contribution is 2.23. The average molecular weight is 353 g/mol. The fraction of sp³-hybridized carbons (Fsp3) is 0.133. The van der Waals surface area contributed by atoms with Gasteiger partial charge in [0.1, 0.15) is 5.75 Å². The molecule has 0 aliphatic rings. The van der Waals surface area contributed by atoms with Crippen molar-refractivity contribution in [3.8, 4) is 5.75 Å². The van der Waals surface area contributed by atoms with E-state index in [2.05, 4.69) is 10.3 Å². The number of amides is 1. The molecule has 0 unspecified atom stereocenters. The first kappa shape index (κ1) is 17.1. The molecule has 23 heavy (non-hydrogen) atoms. The summed E-state index contributed by atoms with van der Waals surface area (Å²) in [7, 11) is 0. The topological polar surface area (TPSA) is 88.5 Å². The molecule has 0 aliphatic carbocycles. The van der Waals surface area contributed by atoms with Crippen LogP contribution in [-0.4, -0.2) is 34.3 Å². The number of aliphatic carboxylic acids is 1. The maximum absolute atomic E-state index is 11.8. The van der Waals surface area contributed by atoms with Crippen molar-refractivity contribution >= 4 is 40.9 Å².